The molecule has 2 nitrogen and oxygen atoms in total. The van der Waals surface area contributed by atoms with E-state index in [1.807, 2.05) is 12.1 Å². The minimum atomic E-state index is -0.411. The van der Waals surface area contributed by atoms with E-state index in [1.165, 1.54) is 18.5 Å². The quantitative estimate of drug-likeness (QED) is 0.891. The molecule has 0 spiro atoms. The van der Waals surface area contributed by atoms with E-state index in [0.29, 0.717) is 0 Å². The summed E-state index contributed by atoms with van der Waals surface area (Å²) < 4.78 is 1.05. The number of anilines is 1. The maximum absolute atomic E-state index is 9.48. The SMILES string of the molecule is CCCCN(C)c1ccc(C(C)O)cc1Br. The molecule has 0 saturated carbocycles. The highest BCUT2D eigenvalue weighted by Gasteiger charge is 2.08. The number of aliphatic hydroxyl groups excluding tert-OH is 1. The second-order valence-electron chi connectivity index (χ2n) is 4.16. The van der Waals surface area contributed by atoms with Crippen LogP contribution in [0.3, 0.4) is 0 Å². The minimum Gasteiger partial charge on any atom is -0.389 e. The first-order valence-electron chi connectivity index (χ1n) is 5.75. The van der Waals surface area contributed by atoms with Crippen molar-refractivity contribution in [1.29, 1.82) is 0 Å². The van der Waals surface area contributed by atoms with Gasteiger partial charge in [-0.3, -0.25) is 0 Å². The van der Waals surface area contributed by atoms with Gasteiger partial charge in [0.25, 0.3) is 0 Å². The Kier molecular flexibility index (Phi) is 5.29. The summed E-state index contributed by atoms with van der Waals surface area (Å²) in [6, 6.07) is 6.03. The maximum Gasteiger partial charge on any atom is 0.0762 e. The van der Waals surface area contributed by atoms with Gasteiger partial charge >= 0.3 is 0 Å². The van der Waals surface area contributed by atoms with Crippen molar-refractivity contribution in [2.24, 2.45) is 0 Å². The summed E-state index contributed by atoms with van der Waals surface area (Å²) in [5.41, 5.74) is 2.12. The smallest absolute Gasteiger partial charge is 0.0762 e. The van der Waals surface area contributed by atoms with Gasteiger partial charge in [-0.2, -0.15) is 0 Å². The highest BCUT2D eigenvalue weighted by atomic mass is 79.9. The number of aliphatic hydroxyl groups is 1. The average molecular weight is 286 g/mol. The number of unbranched alkanes of at least 4 members (excludes halogenated alkanes) is 1. The average Bonchev–Trinajstić information content (AvgIpc) is 2.25. The molecule has 1 aromatic carbocycles. The second-order valence-corrected chi connectivity index (χ2v) is 5.02. The molecular weight excluding hydrogens is 266 g/mol. The number of hydrogen-bond acceptors (Lipinski definition) is 2. The molecule has 0 aliphatic heterocycles. The van der Waals surface area contributed by atoms with E-state index >= 15 is 0 Å². The summed E-state index contributed by atoms with van der Waals surface area (Å²) in [4.78, 5) is 2.24. The monoisotopic (exact) mass is 285 g/mol. The molecule has 0 radical (unpaired) electrons. The summed E-state index contributed by atoms with van der Waals surface area (Å²) in [7, 11) is 2.10. The fourth-order valence-electron chi connectivity index (χ4n) is 1.61. The molecule has 0 amide bonds. The van der Waals surface area contributed by atoms with Crippen molar-refractivity contribution in [3.05, 3.63) is 28.2 Å². The zero-order chi connectivity index (χ0) is 12.1. The van der Waals surface area contributed by atoms with Crippen LogP contribution < -0.4 is 4.90 Å². The lowest BCUT2D eigenvalue weighted by Gasteiger charge is -2.21. The predicted octanol–water partition coefficient (Wildman–Crippen LogP) is 3.74. The van der Waals surface area contributed by atoms with Crippen molar-refractivity contribution >= 4 is 21.6 Å². The van der Waals surface area contributed by atoms with E-state index in [0.717, 1.165) is 16.6 Å². The molecule has 3 heteroatoms. The van der Waals surface area contributed by atoms with Crippen molar-refractivity contribution in [3.63, 3.8) is 0 Å². The van der Waals surface area contributed by atoms with Crippen molar-refractivity contribution < 1.29 is 5.11 Å². The Morgan fingerprint density at radius 2 is 2.12 bits per heavy atom. The molecule has 0 bridgehead atoms. The molecule has 0 fully saturated rings. The van der Waals surface area contributed by atoms with Crippen LogP contribution in [0.25, 0.3) is 0 Å². The molecule has 90 valence electrons. The van der Waals surface area contributed by atoms with Crippen LogP contribution in [0.5, 0.6) is 0 Å². The van der Waals surface area contributed by atoms with Crippen molar-refractivity contribution in [3.8, 4) is 0 Å². The van der Waals surface area contributed by atoms with Crippen LogP contribution in [-0.4, -0.2) is 18.7 Å². The number of rotatable bonds is 5. The van der Waals surface area contributed by atoms with Gasteiger partial charge in [-0.25, -0.2) is 0 Å². The number of hydrogen-bond donors (Lipinski definition) is 1. The maximum atomic E-state index is 9.48. The fraction of sp³-hybridized carbons (Fsp3) is 0.538. The van der Waals surface area contributed by atoms with Crippen molar-refractivity contribution in [2.75, 3.05) is 18.5 Å². The van der Waals surface area contributed by atoms with Gasteiger partial charge in [0.05, 0.1) is 11.8 Å². The number of halogens is 1. The molecular formula is C13H20BrNO. The lowest BCUT2D eigenvalue weighted by atomic mass is 10.1. The van der Waals surface area contributed by atoms with Gasteiger partial charge in [-0.15, -0.1) is 0 Å². The molecule has 1 atom stereocenters. The van der Waals surface area contributed by atoms with Gasteiger partial charge in [0.2, 0.25) is 0 Å². The van der Waals surface area contributed by atoms with Crippen LogP contribution in [0.4, 0.5) is 5.69 Å². The van der Waals surface area contributed by atoms with Crippen LogP contribution >= 0.6 is 15.9 Å². The van der Waals surface area contributed by atoms with E-state index in [-0.39, 0.29) is 0 Å². The van der Waals surface area contributed by atoms with Crippen LogP contribution in [0.1, 0.15) is 38.4 Å². The van der Waals surface area contributed by atoms with Gasteiger partial charge in [0, 0.05) is 18.1 Å². The minimum absolute atomic E-state index is 0.411. The summed E-state index contributed by atoms with van der Waals surface area (Å²) in [5, 5.41) is 9.48. The van der Waals surface area contributed by atoms with Gasteiger partial charge in [0.15, 0.2) is 0 Å². The van der Waals surface area contributed by atoms with E-state index in [4.69, 9.17) is 0 Å². The Morgan fingerprint density at radius 1 is 1.44 bits per heavy atom. The molecule has 0 saturated heterocycles. The molecule has 0 heterocycles. The van der Waals surface area contributed by atoms with Gasteiger partial charge in [-0.1, -0.05) is 19.4 Å². The van der Waals surface area contributed by atoms with Gasteiger partial charge in [0.1, 0.15) is 0 Å². The van der Waals surface area contributed by atoms with E-state index in [2.05, 4.69) is 40.9 Å². The van der Waals surface area contributed by atoms with Crippen LogP contribution in [0.15, 0.2) is 22.7 Å². The molecule has 1 N–H and O–H groups in total. The highest BCUT2D eigenvalue weighted by molar-refractivity contribution is 9.10. The van der Waals surface area contributed by atoms with Gasteiger partial charge < -0.3 is 10.0 Å². The third-order valence-corrected chi connectivity index (χ3v) is 3.35. The number of nitrogens with zero attached hydrogens (tertiary/aromatic N) is 1. The molecule has 0 aliphatic carbocycles. The summed E-state index contributed by atoms with van der Waals surface area (Å²) in [6.07, 6.45) is 1.99. The van der Waals surface area contributed by atoms with Crippen molar-refractivity contribution in [2.45, 2.75) is 32.8 Å². The van der Waals surface area contributed by atoms with Crippen molar-refractivity contribution in [1.82, 2.24) is 0 Å². The normalized spacial score (nSPS) is 12.6. The topological polar surface area (TPSA) is 23.5 Å². The van der Waals surface area contributed by atoms with E-state index in [9.17, 15) is 5.11 Å². The Bertz CT molecular complexity index is 339. The standard InChI is InChI=1S/C13H20BrNO/c1-4-5-8-15(3)13-7-6-11(10(2)16)9-12(13)14/h6-7,9-10,16H,4-5,8H2,1-3H3. The second kappa shape index (κ2) is 6.26. The van der Waals surface area contributed by atoms with E-state index < -0.39 is 6.10 Å². The summed E-state index contributed by atoms with van der Waals surface area (Å²) >= 11 is 3.56. The fourth-order valence-corrected chi connectivity index (χ4v) is 2.31. The first-order valence-corrected chi connectivity index (χ1v) is 6.54. The van der Waals surface area contributed by atoms with Crippen LogP contribution in [-0.2, 0) is 0 Å². The first kappa shape index (κ1) is 13.5. The zero-order valence-electron chi connectivity index (χ0n) is 10.2. The molecule has 0 aromatic heterocycles. The van der Waals surface area contributed by atoms with Gasteiger partial charge in [-0.05, 0) is 47.0 Å². The van der Waals surface area contributed by atoms with E-state index in [1.54, 1.807) is 6.92 Å². The Morgan fingerprint density at radius 3 is 2.62 bits per heavy atom. The molecule has 1 unspecified atom stereocenters. The Labute approximate surface area is 106 Å². The lowest BCUT2D eigenvalue weighted by molar-refractivity contribution is 0.199. The largest absolute Gasteiger partial charge is 0.389 e. The van der Waals surface area contributed by atoms with Crippen LogP contribution in [0.2, 0.25) is 0 Å². The summed E-state index contributed by atoms with van der Waals surface area (Å²) in [5.74, 6) is 0. The Balaban J connectivity index is 2.81. The molecule has 16 heavy (non-hydrogen) atoms. The number of benzene rings is 1. The lowest BCUT2D eigenvalue weighted by Crippen LogP contribution is -2.18. The molecule has 1 rings (SSSR count). The molecule has 0 aliphatic rings. The summed E-state index contributed by atoms with van der Waals surface area (Å²) in [6.45, 7) is 5.03. The van der Waals surface area contributed by atoms with Crippen LogP contribution in [0, 0.1) is 0 Å². The zero-order valence-corrected chi connectivity index (χ0v) is 11.8. The molecule has 1 aromatic rings. The third-order valence-electron chi connectivity index (χ3n) is 2.71. The third kappa shape index (κ3) is 3.49. The first-order chi connectivity index (χ1) is 7.56. The predicted molar refractivity (Wildman–Crippen MR) is 73.0 cm³/mol. The highest BCUT2D eigenvalue weighted by Crippen LogP contribution is 2.28. The Hall–Kier alpha value is -0.540.